The average molecular weight is 346 g/mol. The second-order valence-corrected chi connectivity index (χ2v) is 6.47. The third-order valence-electron chi connectivity index (χ3n) is 2.48. The van der Waals surface area contributed by atoms with E-state index in [0.29, 0.717) is 21.5 Å². The van der Waals surface area contributed by atoms with Crippen molar-refractivity contribution in [3.05, 3.63) is 34.1 Å². The van der Waals surface area contributed by atoms with Crippen LogP contribution in [0.25, 0.3) is 0 Å². The average Bonchev–Trinajstić information content (AvgIpc) is 2.64. The van der Waals surface area contributed by atoms with Gasteiger partial charge in [-0.15, -0.1) is 0 Å². The summed E-state index contributed by atoms with van der Waals surface area (Å²) in [7, 11) is -3.74. The molecule has 0 aliphatic carbocycles. The van der Waals surface area contributed by atoms with Gasteiger partial charge in [0.2, 0.25) is 0 Å². The molecule has 2 aromatic rings. The third-order valence-corrected chi connectivity index (χ3v) is 4.83. The Morgan fingerprint density at radius 2 is 2.05 bits per heavy atom. The van der Waals surface area contributed by atoms with Gasteiger partial charge in [0.25, 0.3) is 10.0 Å². The molecule has 2 rings (SSSR count). The molecule has 19 heavy (non-hydrogen) atoms. The summed E-state index contributed by atoms with van der Waals surface area (Å²) < 4.78 is 32.5. The summed E-state index contributed by atoms with van der Waals surface area (Å²) in [5, 5.41) is 3.63. The zero-order valence-corrected chi connectivity index (χ0v) is 12.7. The number of halogens is 1. The van der Waals surface area contributed by atoms with E-state index in [4.69, 9.17) is 10.3 Å². The predicted octanol–water partition coefficient (Wildman–Crippen LogP) is 2.44. The van der Waals surface area contributed by atoms with Gasteiger partial charge in [0, 0.05) is 10.2 Å². The lowest BCUT2D eigenvalue weighted by Crippen LogP contribution is -2.14. The smallest absolute Gasteiger partial charge is 0.267 e. The highest BCUT2D eigenvalue weighted by Gasteiger charge is 2.24. The van der Waals surface area contributed by atoms with E-state index in [-0.39, 0.29) is 10.7 Å². The molecular formula is C11H12BrN3O3S. The molecule has 0 amide bonds. The van der Waals surface area contributed by atoms with Crippen LogP contribution in [0.2, 0.25) is 0 Å². The lowest BCUT2D eigenvalue weighted by molar-refractivity contribution is 0.390. The van der Waals surface area contributed by atoms with Crippen LogP contribution in [0.4, 0.5) is 11.4 Å². The van der Waals surface area contributed by atoms with E-state index >= 15 is 0 Å². The minimum absolute atomic E-state index is 0.0500. The molecule has 3 N–H and O–H groups in total. The molecule has 1 aromatic carbocycles. The van der Waals surface area contributed by atoms with E-state index in [2.05, 4.69) is 25.8 Å². The zero-order chi connectivity index (χ0) is 14.2. The van der Waals surface area contributed by atoms with Gasteiger partial charge >= 0.3 is 0 Å². The van der Waals surface area contributed by atoms with Gasteiger partial charge in [0.05, 0.1) is 5.69 Å². The van der Waals surface area contributed by atoms with Crippen LogP contribution >= 0.6 is 15.9 Å². The second kappa shape index (κ2) is 4.86. The van der Waals surface area contributed by atoms with Crippen molar-refractivity contribution in [2.45, 2.75) is 18.7 Å². The summed E-state index contributed by atoms with van der Waals surface area (Å²) in [5.41, 5.74) is 6.84. The molecule has 102 valence electrons. The molecule has 0 aliphatic heterocycles. The van der Waals surface area contributed by atoms with E-state index in [9.17, 15) is 8.42 Å². The topological polar surface area (TPSA) is 98.2 Å². The number of aryl methyl sites for hydroxylation is 2. The molecule has 1 aromatic heterocycles. The molecule has 0 atom stereocenters. The fraction of sp³-hybridized carbons (Fsp3) is 0.182. The van der Waals surface area contributed by atoms with Gasteiger partial charge in [-0.3, -0.25) is 4.72 Å². The Bertz CT molecular complexity index is 705. The van der Waals surface area contributed by atoms with Crippen LogP contribution < -0.4 is 10.5 Å². The molecule has 0 spiro atoms. The van der Waals surface area contributed by atoms with Crippen LogP contribution in [0.1, 0.15) is 11.5 Å². The number of nitrogen functional groups attached to an aromatic ring is 1. The van der Waals surface area contributed by atoms with Gasteiger partial charge in [-0.25, -0.2) is 8.42 Å². The standard InChI is InChI=1S/C11H12BrN3O3S/c1-6-11(7(2)18-14-6)19(16,17)15-8-3-4-9(12)10(13)5-8/h3-5,15H,13H2,1-2H3. The highest BCUT2D eigenvalue weighted by atomic mass is 79.9. The van der Waals surface area contributed by atoms with E-state index < -0.39 is 10.0 Å². The maximum atomic E-state index is 12.2. The molecule has 0 aliphatic rings. The number of nitrogens with zero attached hydrogens (tertiary/aromatic N) is 1. The van der Waals surface area contributed by atoms with Gasteiger partial charge in [-0.05, 0) is 48.0 Å². The molecule has 0 saturated carbocycles. The first-order chi connectivity index (χ1) is 8.81. The first-order valence-electron chi connectivity index (χ1n) is 5.32. The van der Waals surface area contributed by atoms with Crippen LogP contribution in [-0.2, 0) is 10.0 Å². The van der Waals surface area contributed by atoms with Crippen LogP contribution in [0, 0.1) is 13.8 Å². The Morgan fingerprint density at radius 3 is 2.58 bits per heavy atom. The Kier molecular flexibility index (Phi) is 3.55. The number of sulfonamides is 1. The summed E-state index contributed by atoms with van der Waals surface area (Å²) in [5.74, 6) is 0.245. The monoisotopic (exact) mass is 345 g/mol. The number of benzene rings is 1. The molecule has 0 saturated heterocycles. The second-order valence-electron chi connectivity index (χ2n) is 4.00. The summed E-state index contributed by atoms with van der Waals surface area (Å²) in [6.45, 7) is 3.12. The zero-order valence-electron chi connectivity index (χ0n) is 10.3. The first kappa shape index (κ1) is 13.9. The van der Waals surface area contributed by atoms with Gasteiger partial charge < -0.3 is 10.3 Å². The van der Waals surface area contributed by atoms with Crippen LogP contribution in [0.3, 0.4) is 0 Å². The number of aromatic nitrogens is 1. The van der Waals surface area contributed by atoms with Crippen molar-refractivity contribution < 1.29 is 12.9 Å². The molecule has 8 heteroatoms. The molecule has 1 heterocycles. The lowest BCUT2D eigenvalue weighted by atomic mass is 10.3. The van der Waals surface area contributed by atoms with Crippen LogP contribution in [-0.4, -0.2) is 13.6 Å². The SMILES string of the molecule is Cc1noc(C)c1S(=O)(=O)Nc1ccc(Br)c(N)c1. The van der Waals surface area contributed by atoms with Crippen molar-refractivity contribution in [1.82, 2.24) is 5.16 Å². The van der Waals surface area contributed by atoms with Gasteiger partial charge in [-0.2, -0.15) is 0 Å². The van der Waals surface area contributed by atoms with E-state index in [1.807, 2.05) is 0 Å². The number of anilines is 2. The van der Waals surface area contributed by atoms with E-state index in [0.717, 1.165) is 0 Å². The van der Waals surface area contributed by atoms with Crippen molar-refractivity contribution >= 4 is 37.3 Å². The Labute approximate surface area is 119 Å². The summed E-state index contributed by atoms with van der Waals surface area (Å²) in [4.78, 5) is 0.0500. The number of hydrogen-bond donors (Lipinski definition) is 2. The molecule has 6 nitrogen and oxygen atoms in total. The quantitative estimate of drug-likeness (QED) is 0.832. The van der Waals surface area contributed by atoms with Crippen LogP contribution in [0.15, 0.2) is 32.1 Å². The highest BCUT2D eigenvalue weighted by Crippen LogP contribution is 2.26. The Morgan fingerprint density at radius 1 is 1.37 bits per heavy atom. The van der Waals surface area contributed by atoms with Crippen LogP contribution in [0.5, 0.6) is 0 Å². The van der Waals surface area contributed by atoms with E-state index in [1.165, 1.54) is 6.07 Å². The molecule has 0 unspecified atom stereocenters. The Hall–Kier alpha value is -1.54. The van der Waals surface area contributed by atoms with Gasteiger partial charge in [0.1, 0.15) is 5.69 Å². The molecule has 0 radical (unpaired) electrons. The first-order valence-corrected chi connectivity index (χ1v) is 7.59. The third kappa shape index (κ3) is 2.74. The normalized spacial score (nSPS) is 11.5. The Balaban J connectivity index is 2.39. The summed E-state index contributed by atoms with van der Waals surface area (Å²) >= 11 is 3.24. The maximum absolute atomic E-state index is 12.2. The molecular weight excluding hydrogens is 334 g/mol. The minimum Gasteiger partial charge on any atom is -0.398 e. The minimum atomic E-state index is -3.74. The number of hydrogen-bond acceptors (Lipinski definition) is 5. The largest absolute Gasteiger partial charge is 0.398 e. The lowest BCUT2D eigenvalue weighted by Gasteiger charge is -2.08. The highest BCUT2D eigenvalue weighted by molar-refractivity contribution is 9.10. The van der Waals surface area contributed by atoms with Crippen molar-refractivity contribution in [2.24, 2.45) is 0 Å². The van der Waals surface area contributed by atoms with Gasteiger partial charge in [0.15, 0.2) is 10.7 Å². The fourth-order valence-corrected chi connectivity index (χ4v) is 3.30. The molecule has 0 fully saturated rings. The predicted molar refractivity (Wildman–Crippen MR) is 75.3 cm³/mol. The number of nitrogens with two attached hydrogens (primary N) is 1. The number of nitrogens with one attached hydrogen (secondary N) is 1. The van der Waals surface area contributed by atoms with Crippen molar-refractivity contribution in [2.75, 3.05) is 10.5 Å². The fourth-order valence-electron chi connectivity index (χ4n) is 1.67. The maximum Gasteiger partial charge on any atom is 0.267 e. The van der Waals surface area contributed by atoms with Gasteiger partial charge in [-0.1, -0.05) is 5.16 Å². The van der Waals surface area contributed by atoms with Crippen molar-refractivity contribution in [1.29, 1.82) is 0 Å². The number of rotatable bonds is 3. The summed E-state index contributed by atoms with van der Waals surface area (Å²) in [6.07, 6.45) is 0. The van der Waals surface area contributed by atoms with Crippen molar-refractivity contribution in [3.63, 3.8) is 0 Å². The molecule has 0 bridgehead atoms. The summed E-state index contributed by atoms with van der Waals surface area (Å²) in [6, 6.07) is 4.80. The van der Waals surface area contributed by atoms with E-state index in [1.54, 1.807) is 26.0 Å². The van der Waals surface area contributed by atoms with Crippen molar-refractivity contribution in [3.8, 4) is 0 Å².